The van der Waals surface area contributed by atoms with Gasteiger partial charge in [0.05, 0.1) is 18.1 Å². The molecule has 0 spiro atoms. The van der Waals surface area contributed by atoms with Crippen LogP contribution in [0.4, 0.5) is 0 Å². The standard InChI is InChI=1S/C21H26O5/c1-20-6-5-11(22)7-10(20)3-4-12-13-8-15-17(18(24)19(25)26-15)21(13,2)9-14(23)16(12)20/h5-7,12-17,19,23,25H,3-4,8-9H2,1-2H3/t12-,13-,14-,15+,16+,17-,19+,20-,21-/m0/s1. The Morgan fingerprint density at radius 1 is 1.23 bits per heavy atom. The van der Waals surface area contributed by atoms with E-state index in [-0.39, 0.29) is 40.3 Å². The summed E-state index contributed by atoms with van der Waals surface area (Å²) in [6, 6.07) is 0. The van der Waals surface area contributed by atoms with Crippen molar-refractivity contribution in [3.05, 3.63) is 23.8 Å². The van der Waals surface area contributed by atoms with E-state index in [9.17, 15) is 19.8 Å². The second-order valence-corrected chi connectivity index (χ2v) is 9.44. The monoisotopic (exact) mass is 358 g/mol. The average molecular weight is 358 g/mol. The summed E-state index contributed by atoms with van der Waals surface area (Å²) in [6.07, 6.45) is 6.44. The van der Waals surface area contributed by atoms with Crippen LogP contribution in [0, 0.1) is 34.5 Å². The third kappa shape index (κ3) is 1.92. The van der Waals surface area contributed by atoms with Crippen LogP contribution >= 0.6 is 0 Å². The first-order valence-corrected chi connectivity index (χ1v) is 9.75. The fourth-order valence-electron chi connectivity index (χ4n) is 7.35. The molecule has 5 aliphatic rings. The second-order valence-electron chi connectivity index (χ2n) is 9.44. The fourth-order valence-corrected chi connectivity index (χ4v) is 7.35. The predicted molar refractivity (Wildman–Crippen MR) is 92.8 cm³/mol. The lowest BCUT2D eigenvalue weighted by molar-refractivity contribution is -0.153. The number of fused-ring (bicyclic) bond motifs is 7. The third-order valence-corrected chi connectivity index (χ3v) is 8.35. The maximum absolute atomic E-state index is 12.5. The number of aliphatic hydroxyl groups is 2. The summed E-state index contributed by atoms with van der Waals surface area (Å²) >= 11 is 0. The summed E-state index contributed by atoms with van der Waals surface area (Å²) in [5, 5.41) is 21.0. The molecule has 0 unspecified atom stereocenters. The molecular formula is C21H26O5. The number of carbonyl (C=O) groups excluding carboxylic acids is 2. The van der Waals surface area contributed by atoms with E-state index in [1.54, 1.807) is 12.2 Å². The molecule has 1 aliphatic heterocycles. The molecule has 1 saturated heterocycles. The smallest absolute Gasteiger partial charge is 0.216 e. The number of ketones is 2. The Morgan fingerprint density at radius 3 is 2.77 bits per heavy atom. The van der Waals surface area contributed by atoms with Gasteiger partial charge in [0, 0.05) is 11.3 Å². The summed E-state index contributed by atoms with van der Waals surface area (Å²) in [7, 11) is 0. The summed E-state index contributed by atoms with van der Waals surface area (Å²) in [6.45, 7) is 4.25. The molecule has 4 fully saturated rings. The molecule has 0 bridgehead atoms. The van der Waals surface area contributed by atoms with Crippen molar-refractivity contribution in [2.45, 2.75) is 58.0 Å². The van der Waals surface area contributed by atoms with E-state index in [1.807, 2.05) is 6.08 Å². The summed E-state index contributed by atoms with van der Waals surface area (Å²) in [4.78, 5) is 24.4. The third-order valence-electron chi connectivity index (χ3n) is 8.35. The normalized spacial score (nSPS) is 55.1. The first-order valence-electron chi connectivity index (χ1n) is 9.75. The molecule has 0 radical (unpaired) electrons. The summed E-state index contributed by atoms with van der Waals surface area (Å²) < 4.78 is 5.57. The second kappa shape index (κ2) is 5.15. The highest BCUT2D eigenvalue weighted by atomic mass is 16.6. The topological polar surface area (TPSA) is 83.8 Å². The van der Waals surface area contributed by atoms with Crippen molar-refractivity contribution in [2.24, 2.45) is 34.5 Å². The number of rotatable bonds is 0. The van der Waals surface area contributed by atoms with E-state index in [1.165, 1.54) is 0 Å². The van der Waals surface area contributed by atoms with Gasteiger partial charge in [0.1, 0.15) is 0 Å². The number of ether oxygens (including phenoxy) is 1. The fraction of sp³-hybridized carbons (Fsp3) is 0.714. The van der Waals surface area contributed by atoms with Crippen molar-refractivity contribution < 1.29 is 24.5 Å². The van der Waals surface area contributed by atoms with Gasteiger partial charge in [0.25, 0.3) is 0 Å². The van der Waals surface area contributed by atoms with Crippen LogP contribution in [0.25, 0.3) is 0 Å². The molecule has 3 saturated carbocycles. The van der Waals surface area contributed by atoms with Crippen molar-refractivity contribution in [3.63, 3.8) is 0 Å². The Hall–Kier alpha value is -1.30. The van der Waals surface area contributed by atoms with Crippen molar-refractivity contribution in [3.8, 4) is 0 Å². The molecule has 5 heteroatoms. The Balaban J connectivity index is 1.55. The predicted octanol–water partition coefficient (Wildman–Crippen LogP) is 1.78. The van der Waals surface area contributed by atoms with Gasteiger partial charge >= 0.3 is 0 Å². The quantitative estimate of drug-likeness (QED) is 0.690. The van der Waals surface area contributed by atoms with Gasteiger partial charge in [-0.2, -0.15) is 0 Å². The molecule has 1 heterocycles. The largest absolute Gasteiger partial charge is 0.393 e. The number of aliphatic hydroxyl groups excluding tert-OH is 2. The van der Waals surface area contributed by atoms with Crippen LogP contribution in [0.1, 0.15) is 39.5 Å². The SMILES string of the molecule is C[C@]12C[C@H](O)[C@H]3[C@@H](CCC4=CC(=O)C=C[C@@]43C)[C@@H]1C[C@H]1O[C@@H](O)C(=O)[C@H]12. The van der Waals surface area contributed by atoms with Gasteiger partial charge in [0.2, 0.25) is 6.29 Å². The molecule has 5 rings (SSSR count). The number of allylic oxidation sites excluding steroid dienone is 4. The molecule has 26 heavy (non-hydrogen) atoms. The molecule has 0 aromatic heterocycles. The Kier molecular flexibility index (Phi) is 3.34. The van der Waals surface area contributed by atoms with Gasteiger partial charge in [-0.25, -0.2) is 0 Å². The van der Waals surface area contributed by atoms with E-state index in [4.69, 9.17) is 4.74 Å². The van der Waals surface area contributed by atoms with Gasteiger partial charge in [-0.15, -0.1) is 0 Å². The highest BCUT2D eigenvalue weighted by molar-refractivity contribution is 6.01. The zero-order chi connectivity index (χ0) is 18.4. The van der Waals surface area contributed by atoms with Crippen LogP contribution in [-0.2, 0) is 14.3 Å². The number of hydrogen-bond donors (Lipinski definition) is 2. The summed E-state index contributed by atoms with van der Waals surface area (Å²) in [5.41, 5.74) is 0.514. The molecular weight excluding hydrogens is 332 g/mol. The number of hydrogen-bond acceptors (Lipinski definition) is 5. The molecule has 2 N–H and O–H groups in total. The van der Waals surface area contributed by atoms with Gasteiger partial charge in [0.15, 0.2) is 11.6 Å². The van der Waals surface area contributed by atoms with Crippen LogP contribution in [0.3, 0.4) is 0 Å². The maximum atomic E-state index is 12.5. The Labute approximate surface area is 153 Å². The number of Topliss-reactive ketones (excluding diaryl/α,β-unsaturated/α-hetero) is 1. The first kappa shape index (κ1) is 16.8. The van der Waals surface area contributed by atoms with Crippen molar-refractivity contribution in [1.29, 1.82) is 0 Å². The van der Waals surface area contributed by atoms with E-state index >= 15 is 0 Å². The van der Waals surface area contributed by atoms with Crippen LogP contribution in [0.2, 0.25) is 0 Å². The molecule has 4 aliphatic carbocycles. The van der Waals surface area contributed by atoms with Gasteiger partial charge < -0.3 is 14.9 Å². The Bertz CT molecular complexity index is 754. The lowest BCUT2D eigenvalue weighted by Gasteiger charge is -2.58. The molecule has 0 aromatic carbocycles. The lowest BCUT2D eigenvalue weighted by atomic mass is 9.46. The highest BCUT2D eigenvalue weighted by Crippen LogP contribution is 2.67. The van der Waals surface area contributed by atoms with E-state index in [0.29, 0.717) is 18.3 Å². The van der Waals surface area contributed by atoms with E-state index in [2.05, 4.69) is 13.8 Å². The molecule has 5 nitrogen and oxygen atoms in total. The van der Waals surface area contributed by atoms with E-state index in [0.717, 1.165) is 24.8 Å². The molecule has 0 aromatic rings. The zero-order valence-electron chi connectivity index (χ0n) is 15.2. The number of carbonyl (C=O) groups is 2. The van der Waals surface area contributed by atoms with Gasteiger partial charge in [-0.3, -0.25) is 9.59 Å². The van der Waals surface area contributed by atoms with Gasteiger partial charge in [-0.1, -0.05) is 25.5 Å². The molecule has 0 amide bonds. The van der Waals surface area contributed by atoms with Crippen molar-refractivity contribution in [2.75, 3.05) is 0 Å². The van der Waals surface area contributed by atoms with Crippen LogP contribution in [-0.4, -0.2) is 40.3 Å². The lowest BCUT2D eigenvalue weighted by Crippen LogP contribution is -2.56. The van der Waals surface area contributed by atoms with Crippen molar-refractivity contribution in [1.82, 2.24) is 0 Å². The van der Waals surface area contributed by atoms with E-state index < -0.39 is 12.4 Å². The summed E-state index contributed by atoms with van der Waals surface area (Å²) in [5.74, 6) is 0.163. The molecule has 140 valence electrons. The minimum Gasteiger partial charge on any atom is -0.393 e. The zero-order valence-corrected chi connectivity index (χ0v) is 15.2. The maximum Gasteiger partial charge on any atom is 0.216 e. The minimum atomic E-state index is -1.30. The van der Waals surface area contributed by atoms with Crippen LogP contribution < -0.4 is 0 Å². The van der Waals surface area contributed by atoms with Crippen LogP contribution in [0.5, 0.6) is 0 Å². The van der Waals surface area contributed by atoms with Gasteiger partial charge in [-0.05, 0) is 55.1 Å². The minimum absolute atomic E-state index is 0.0365. The Morgan fingerprint density at radius 2 is 2.00 bits per heavy atom. The highest BCUT2D eigenvalue weighted by Gasteiger charge is 2.67. The molecule has 9 atom stereocenters. The van der Waals surface area contributed by atoms with Crippen molar-refractivity contribution >= 4 is 11.6 Å². The average Bonchev–Trinajstić information content (AvgIpc) is 3.01. The first-order chi connectivity index (χ1) is 12.3. The van der Waals surface area contributed by atoms with Crippen LogP contribution in [0.15, 0.2) is 23.8 Å².